The zero-order chi connectivity index (χ0) is 35.7. The van der Waals surface area contributed by atoms with Gasteiger partial charge in [0.05, 0.1) is 13.7 Å². The van der Waals surface area contributed by atoms with Crippen molar-refractivity contribution in [2.24, 2.45) is 5.73 Å². The maximum absolute atomic E-state index is 13.1. The first-order valence-corrected chi connectivity index (χ1v) is 21.6. The van der Waals surface area contributed by atoms with Crippen molar-refractivity contribution in [1.82, 2.24) is 10.6 Å². The number of benzene rings is 3. The van der Waals surface area contributed by atoms with E-state index in [9.17, 15) is 24.0 Å². The number of carbonyl (C=O) groups is 5. The van der Waals surface area contributed by atoms with Gasteiger partial charge in [0.1, 0.15) is 6.04 Å². The van der Waals surface area contributed by atoms with Gasteiger partial charge in [-0.3, -0.25) is 9.59 Å². The monoisotopic (exact) mass is 773 g/mol. The zero-order valence-corrected chi connectivity index (χ0v) is 31.1. The predicted octanol–water partition coefficient (Wildman–Crippen LogP) is 3.70. The van der Waals surface area contributed by atoms with Crippen LogP contribution in [0, 0.1) is 0 Å². The number of rotatable bonds is 19. The second-order valence-electron chi connectivity index (χ2n) is 11.4. The Morgan fingerprint density at radius 2 is 1.37 bits per heavy atom. The van der Waals surface area contributed by atoms with Crippen molar-refractivity contribution >= 4 is 77.3 Å². The second-order valence-corrected chi connectivity index (χ2v) is 21.5. The van der Waals surface area contributed by atoms with Gasteiger partial charge in [-0.15, -0.1) is 0 Å². The molecule has 0 radical (unpaired) electrons. The fourth-order valence-electron chi connectivity index (χ4n) is 5.44. The molecule has 0 aliphatic heterocycles. The van der Waals surface area contributed by atoms with Gasteiger partial charge in [-0.1, -0.05) is 0 Å². The Bertz CT molecular complexity index is 1450. The summed E-state index contributed by atoms with van der Waals surface area (Å²) in [6, 6.07) is 29.2. The number of esters is 2. The molecule has 0 saturated carbocycles. The molecule has 2 amide bonds. The third-order valence-electron chi connectivity index (χ3n) is 8.06. The number of halogens is 1. The average Bonchev–Trinajstić information content (AvgIpc) is 3.14. The number of thioether (sulfide) groups is 1. The number of carbonyl (C=O) groups excluding carboxylic acids is 5. The number of hydrogen-bond donors (Lipinski definition) is 3. The molecule has 49 heavy (non-hydrogen) atoms. The van der Waals surface area contributed by atoms with E-state index in [1.165, 1.54) is 23.0 Å². The first-order chi connectivity index (χ1) is 23.5. The van der Waals surface area contributed by atoms with E-state index in [1.807, 2.05) is 18.2 Å². The van der Waals surface area contributed by atoms with Crippen LogP contribution in [0.2, 0.25) is 0 Å². The number of hydrogen-bond acceptors (Lipinski definition) is 9. The van der Waals surface area contributed by atoms with Crippen LogP contribution in [0.1, 0.15) is 39.0 Å². The van der Waals surface area contributed by atoms with Crippen LogP contribution in [-0.2, 0) is 33.4 Å². The third kappa shape index (κ3) is 11.0. The van der Waals surface area contributed by atoms with E-state index in [-0.39, 0.29) is 36.7 Å². The molecule has 0 unspecified atom stereocenters. The summed E-state index contributed by atoms with van der Waals surface area (Å²) in [5.41, 5.74) is 5.79. The van der Waals surface area contributed by atoms with Crippen LogP contribution >= 0.6 is 32.6 Å². The molecule has 0 heterocycles. The topological polar surface area (TPSA) is 154 Å². The Kier molecular flexibility index (Phi) is 15.9. The second kappa shape index (κ2) is 19.6. The summed E-state index contributed by atoms with van der Waals surface area (Å²) in [6.07, 6.45) is 2.28. The Morgan fingerprint density at radius 3 is 1.86 bits per heavy atom. The number of nitrogens with one attached hydrogen (secondary N) is 2. The zero-order valence-electron chi connectivity index (χ0n) is 27.8. The van der Waals surface area contributed by atoms with Gasteiger partial charge in [-0.05, 0) is 6.92 Å². The van der Waals surface area contributed by atoms with Crippen molar-refractivity contribution in [3.8, 4) is 0 Å². The molecule has 3 aromatic carbocycles. The summed E-state index contributed by atoms with van der Waals surface area (Å²) >= 11 is 5.38. The van der Waals surface area contributed by atoms with Crippen LogP contribution in [0.15, 0.2) is 91.0 Å². The fraction of sp³-hybridized carbons (Fsp3) is 0.361. The normalized spacial score (nSPS) is 13.2. The summed E-state index contributed by atoms with van der Waals surface area (Å²) in [7, 11) is 1.19. The van der Waals surface area contributed by atoms with Crippen molar-refractivity contribution in [3.05, 3.63) is 91.0 Å². The number of amides is 2. The molecule has 0 fully saturated rings. The van der Waals surface area contributed by atoms with Crippen LogP contribution in [0.25, 0.3) is 0 Å². The molecular formula is C36H45BrN3O7PS. The van der Waals surface area contributed by atoms with Crippen LogP contribution in [0.4, 0.5) is 0 Å². The van der Waals surface area contributed by atoms with Crippen LogP contribution < -0.4 is 32.3 Å². The molecule has 4 N–H and O–H groups in total. The van der Waals surface area contributed by atoms with Crippen molar-refractivity contribution in [3.63, 3.8) is 0 Å². The smallest absolute Gasteiger partial charge is 0.468 e. The summed E-state index contributed by atoms with van der Waals surface area (Å²) < 4.78 is 9.45. The minimum atomic E-state index is -3.12. The molecule has 0 aromatic heterocycles. The van der Waals surface area contributed by atoms with E-state index in [0.29, 0.717) is 6.42 Å². The predicted molar refractivity (Wildman–Crippen MR) is 201 cm³/mol. The van der Waals surface area contributed by atoms with Crippen molar-refractivity contribution in [2.75, 3.05) is 32.2 Å². The Hall–Kier alpha value is -3.57. The molecule has 0 saturated heterocycles. The van der Waals surface area contributed by atoms with Gasteiger partial charge in [0.15, 0.2) is 0 Å². The molecule has 0 spiro atoms. The van der Waals surface area contributed by atoms with E-state index < -0.39 is 47.7 Å². The average molecular weight is 775 g/mol. The number of methoxy groups -OCH3 is 1. The SMILES string of the molecule is CCOC(=O)[C@@H](N)CCC(=O)N[C@@H](CSC(=O)CCCCP(Br)(c1ccccc1)(c1ccccc1)c1ccccc1)C(=O)NCC(=O)OC. The van der Waals surface area contributed by atoms with Crippen LogP contribution in [0.5, 0.6) is 0 Å². The van der Waals surface area contributed by atoms with Gasteiger partial charge in [0.25, 0.3) is 0 Å². The van der Waals surface area contributed by atoms with Crippen molar-refractivity contribution in [1.29, 1.82) is 0 Å². The number of nitrogens with two attached hydrogens (primary N) is 1. The maximum atomic E-state index is 13.1. The van der Waals surface area contributed by atoms with E-state index in [1.54, 1.807) is 6.92 Å². The molecule has 10 nitrogen and oxygen atoms in total. The molecular weight excluding hydrogens is 729 g/mol. The summed E-state index contributed by atoms with van der Waals surface area (Å²) in [5.74, 6) is -2.49. The molecule has 0 aliphatic rings. The summed E-state index contributed by atoms with van der Waals surface area (Å²) in [4.78, 5) is 62.1. The molecule has 0 aliphatic carbocycles. The first kappa shape index (κ1) is 39.9. The van der Waals surface area contributed by atoms with Crippen molar-refractivity contribution in [2.45, 2.75) is 51.1 Å². The summed E-state index contributed by atoms with van der Waals surface area (Å²) in [6.45, 7) is 1.43. The first-order valence-electron chi connectivity index (χ1n) is 16.1. The Morgan fingerprint density at radius 1 is 0.837 bits per heavy atom. The molecule has 2 atom stereocenters. The molecule has 264 valence electrons. The minimum Gasteiger partial charge on any atom is -0.468 e. The van der Waals surface area contributed by atoms with Gasteiger partial charge in [0, 0.05) is 0 Å². The quantitative estimate of drug-likeness (QED) is 0.0941. The van der Waals surface area contributed by atoms with Crippen LogP contribution in [0.3, 0.4) is 0 Å². The Labute approximate surface area is 300 Å². The van der Waals surface area contributed by atoms with Gasteiger partial charge >= 0.3 is 250 Å². The van der Waals surface area contributed by atoms with Gasteiger partial charge in [0.2, 0.25) is 0 Å². The summed E-state index contributed by atoms with van der Waals surface area (Å²) in [5, 5.41) is 5.39. The molecule has 3 rings (SSSR count). The third-order valence-corrected chi connectivity index (χ3v) is 19.1. The van der Waals surface area contributed by atoms with E-state index in [0.717, 1.165) is 24.3 Å². The minimum absolute atomic E-state index is 0.0147. The standard InChI is InChI=1S/C36H45BrN3O7PS/c1-3-47-36(45)30(38)22-23-32(41)40-31(35(44)39-25-33(42)46-2)26-49-34(43)21-13-14-24-48(37,27-15-7-4-8-16-27,28-17-9-5-10-18-28)29-19-11-6-12-20-29/h4-12,15-20,30-31H,3,13-14,21-26,38H2,1-2H3,(H,39,44)(H,40,41)/t30-,31-/m0/s1. The van der Waals surface area contributed by atoms with E-state index >= 15 is 0 Å². The van der Waals surface area contributed by atoms with Gasteiger partial charge in [-0.2, -0.15) is 0 Å². The van der Waals surface area contributed by atoms with E-state index in [4.69, 9.17) is 10.5 Å². The fourth-order valence-corrected chi connectivity index (χ4v) is 14.1. The Balaban J connectivity index is 1.68. The van der Waals surface area contributed by atoms with Gasteiger partial charge in [-0.25, -0.2) is 0 Å². The van der Waals surface area contributed by atoms with Crippen molar-refractivity contribution < 1.29 is 33.4 Å². The number of unbranched alkanes of at least 4 members (excludes halogenated alkanes) is 1. The molecule has 13 heteroatoms. The number of ether oxygens (including phenoxy) is 2. The molecule has 0 bridgehead atoms. The van der Waals surface area contributed by atoms with Crippen LogP contribution in [-0.4, -0.2) is 73.1 Å². The van der Waals surface area contributed by atoms with Gasteiger partial charge < -0.3 is 15.2 Å². The molecule has 3 aromatic rings. The van der Waals surface area contributed by atoms with E-state index in [2.05, 4.69) is 104 Å².